The van der Waals surface area contributed by atoms with Gasteiger partial charge >= 0.3 is 12.0 Å². The van der Waals surface area contributed by atoms with Crippen LogP contribution >= 0.6 is 11.8 Å². The zero-order valence-corrected chi connectivity index (χ0v) is 24.4. The fraction of sp³-hybridized carbons (Fsp3) is 0.889. The maximum atomic E-state index is 12.4. The van der Waals surface area contributed by atoms with E-state index in [1.54, 1.807) is 0 Å². The predicted octanol–water partition coefficient (Wildman–Crippen LogP) is 2.66. The average Bonchev–Trinajstić information content (AvgIpc) is 3.44. The van der Waals surface area contributed by atoms with Crippen molar-refractivity contribution < 1.29 is 38.4 Å². The number of fused-ring (bicyclic) bond motifs is 1. The first-order valence-corrected chi connectivity index (χ1v) is 15.6. The van der Waals surface area contributed by atoms with Gasteiger partial charge in [-0.1, -0.05) is 32.6 Å². The van der Waals surface area contributed by atoms with Gasteiger partial charge in [0, 0.05) is 30.5 Å². The number of urea groups is 1. The van der Waals surface area contributed by atoms with Crippen LogP contribution in [0.1, 0.15) is 64.7 Å². The van der Waals surface area contributed by atoms with Gasteiger partial charge in [-0.2, -0.15) is 11.8 Å². The lowest BCUT2D eigenvalue weighted by atomic mass is 10.0. The Morgan fingerprint density at radius 1 is 0.923 bits per heavy atom. The second kappa shape index (κ2) is 21.2. The number of unbranched alkanes of at least 4 members (excludes halogenated alkanes) is 4. The number of carbonyl (C=O) groups is 3. The van der Waals surface area contributed by atoms with Crippen molar-refractivity contribution in [2.75, 3.05) is 71.7 Å². The van der Waals surface area contributed by atoms with Crippen LogP contribution in [0, 0.1) is 0 Å². The van der Waals surface area contributed by atoms with E-state index >= 15 is 0 Å². The van der Waals surface area contributed by atoms with Crippen LogP contribution in [0.3, 0.4) is 0 Å². The van der Waals surface area contributed by atoms with Crippen LogP contribution in [0.2, 0.25) is 0 Å². The van der Waals surface area contributed by atoms with Gasteiger partial charge in [-0.05, 0) is 19.3 Å². The van der Waals surface area contributed by atoms with Crippen LogP contribution in [0.5, 0.6) is 0 Å². The molecule has 0 aromatic heterocycles. The third-order valence-electron chi connectivity index (χ3n) is 6.75. The molecule has 2 aliphatic rings. The minimum Gasteiger partial charge on any atom is -0.481 e. The maximum absolute atomic E-state index is 12.4. The predicted molar refractivity (Wildman–Crippen MR) is 150 cm³/mol. The van der Waals surface area contributed by atoms with Crippen molar-refractivity contribution in [1.82, 2.24) is 15.5 Å². The molecule has 0 aliphatic carbocycles. The average molecular weight is 576 g/mol. The molecular formula is C27H49N3O8S. The van der Waals surface area contributed by atoms with E-state index in [0.29, 0.717) is 70.5 Å². The third-order valence-corrected chi connectivity index (χ3v) is 8.25. The summed E-state index contributed by atoms with van der Waals surface area (Å²) in [4.78, 5) is 37.0. The van der Waals surface area contributed by atoms with Crippen molar-refractivity contribution in [1.29, 1.82) is 0 Å². The molecule has 12 heteroatoms. The van der Waals surface area contributed by atoms with E-state index in [2.05, 4.69) is 22.5 Å². The molecule has 3 N–H and O–H groups in total. The second-order valence-electron chi connectivity index (χ2n) is 9.86. The minimum absolute atomic E-state index is 0.00528. The highest BCUT2D eigenvalue weighted by molar-refractivity contribution is 8.00. The Morgan fingerprint density at radius 3 is 2.26 bits per heavy atom. The number of carbonyl (C=O) groups excluding carboxylic acids is 2. The zero-order chi connectivity index (χ0) is 28.1. The van der Waals surface area contributed by atoms with E-state index in [-0.39, 0.29) is 31.0 Å². The third kappa shape index (κ3) is 14.6. The summed E-state index contributed by atoms with van der Waals surface area (Å²) < 4.78 is 21.3. The maximum Gasteiger partial charge on any atom is 0.318 e. The number of hydrogen-bond donors (Lipinski definition) is 3. The summed E-state index contributed by atoms with van der Waals surface area (Å²) in [6.45, 7) is 6.69. The first-order chi connectivity index (χ1) is 19.0. The number of hydrogen-bond acceptors (Lipinski definition) is 8. The van der Waals surface area contributed by atoms with Gasteiger partial charge < -0.3 is 39.6 Å². The summed E-state index contributed by atoms with van der Waals surface area (Å²) in [5, 5.41) is 15.0. The Morgan fingerprint density at radius 2 is 1.59 bits per heavy atom. The lowest BCUT2D eigenvalue weighted by Crippen LogP contribution is -2.41. The number of carboxylic acid groups (broad SMARTS) is 1. The number of carboxylic acids is 1. The number of nitrogens with one attached hydrogen (secondary N) is 2. The fourth-order valence-electron chi connectivity index (χ4n) is 4.72. The number of thioether (sulfide) groups is 1. The number of aliphatic carboxylic acids is 1. The number of ether oxygens (including phenoxy) is 4. The molecule has 0 aromatic rings. The van der Waals surface area contributed by atoms with Gasteiger partial charge in [-0.25, -0.2) is 4.79 Å². The molecule has 3 atom stereocenters. The highest BCUT2D eigenvalue weighted by atomic mass is 32.2. The van der Waals surface area contributed by atoms with Crippen LogP contribution in [-0.4, -0.2) is 117 Å². The standard InChI is InChI=1S/C27H49N3O8S/c1-2-3-4-7-12-30-26-22(29-27(30)34)21-39-23(26)8-5-6-9-24(31)28-11-14-36-16-18-38-20-19-37-17-15-35-13-10-25(32)33/h22-23,26H,2-21H2,1H3,(H,28,31)(H,29,34)(H,32,33). The monoisotopic (exact) mass is 575 g/mol. The first kappa shape index (κ1) is 33.6. The molecule has 2 rings (SSSR count). The molecule has 3 unspecified atom stereocenters. The van der Waals surface area contributed by atoms with Crippen molar-refractivity contribution >= 4 is 29.7 Å². The van der Waals surface area contributed by atoms with Gasteiger partial charge in [-0.3, -0.25) is 9.59 Å². The van der Waals surface area contributed by atoms with Crippen molar-refractivity contribution in [2.45, 2.75) is 82.0 Å². The van der Waals surface area contributed by atoms with E-state index < -0.39 is 5.97 Å². The van der Waals surface area contributed by atoms with Gasteiger partial charge in [0.15, 0.2) is 0 Å². The minimum atomic E-state index is -0.876. The summed E-state index contributed by atoms with van der Waals surface area (Å²) in [5.41, 5.74) is 0. The number of rotatable bonds is 25. The van der Waals surface area contributed by atoms with Crippen LogP contribution < -0.4 is 10.6 Å². The second-order valence-corrected chi connectivity index (χ2v) is 11.1. The van der Waals surface area contributed by atoms with Crippen LogP contribution in [-0.2, 0) is 28.5 Å². The van der Waals surface area contributed by atoms with Crippen LogP contribution in [0.15, 0.2) is 0 Å². The quantitative estimate of drug-likeness (QED) is 0.111. The van der Waals surface area contributed by atoms with E-state index in [4.69, 9.17) is 24.1 Å². The van der Waals surface area contributed by atoms with Gasteiger partial charge in [0.1, 0.15) is 0 Å². The van der Waals surface area contributed by atoms with Crippen molar-refractivity contribution in [3.05, 3.63) is 0 Å². The summed E-state index contributed by atoms with van der Waals surface area (Å²) in [5.74, 6) is 0.156. The zero-order valence-electron chi connectivity index (χ0n) is 23.5. The Hall–Kier alpha value is -1.60. The smallest absolute Gasteiger partial charge is 0.318 e. The van der Waals surface area contributed by atoms with Crippen molar-refractivity contribution in [3.63, 3.8) is 0 Å². The Labute approximate surface area is 237 Å². The van der Waals surface area contributed by atoms with Crippen LogP contribution in [0.4, 0.5) is 4.79 Å². The topological polar surface area (TPSA) is 136 Å². The molecule has 226 valence electrons. The summed E-state index contributed by atoms with van der Waals surface area (Å²) in [7, 11) is 0. The highest BCUT2D eigenvalue weighted by Crippen LogP contribution is 2.37. The molecular weight excluding hydrogens is 526 g/mol. The molecule has 2 aliphatic heterocycles. The Kier molecular flexibility index (Phi) is 18.3. The molecule has 2 saturated heterocycles. The van der Waals surface area contributed by atoms with Crippen molar-refractivity contribution in [3.8, 4) is 0 Å². The molecule has 0 bridgehead atoms. The Balaban J connectivity index is 1.38. The van der Waals surface area contributed by atoms with Gasteiger partial charge in [0.2, 0.25) is 5.91 Å². The van der Waals surface area contributed by atoms with E-state index in [0.717, 1.165) is 38.0 Å². The molecule has 2 heterocycles. The first-order valence-electron chi connectivity index (χ1n) is 14.5. The molecule has 11 nitrogen and oxygen atoms in total. The largest absolute Gasteiger partial charge is 0.481 e. The summed E-state index contributed by atoms with van der Waals surface area (Å²) in [6, 6.07) is 0.662. The lowest BCUT2D eigenvalue weighted by molar-refractivity contribution is -0.138. The Bertz CT molecular complexity index is 702. The number of nitrogens with zero attached hydrogens (tertiary/aromatic N) is 1. The summed E-state index contributed by atoms with van der Waals surface area (Å²) >= 11 is 1.96. The van der Waals surface area contributed by atoms with E-state index in [1.807, 2.05) is 11.8 Å². The highest BCUT2D eigenvalue weighted by Gasteiger charge is 2.47. The van der Waals surface area contributed by atoms with E-state index in [9.17, 15) is 14.4 Å². The van der Waals surface area contributed by atoms with Gasteiger partial charge in [-0.15, -0.1) is 0 Å². The molecule has 0 saturated carbocycles. The fourth-order valence-corrected chi connectivity index (χ4v) is 6.32. The molecule has 39 heavy (non-hydrogen) atoms. The van der Waals surface area contributed by atoms with E-state index in [1.165, 1.54) is 19.3 Å². The molecule has 0 spiro atoms. The molecule has 0 aromatic carbocycles. The normalized spacial score (nSPS) is 20.3. The van der Waals surface area contributed by atoms with Gasteiger partial charge in [0.05, 0.1) is 71.4 Å². The SMILES string of the molecule is CCCCCCN1C(=O)NC2CSC(CCCCC(=O)NCCOCCOCCOCCOCCC(=O)O)C21. The lowest BCUT2D eigenvalue weighted by Gasteiger charge is -2.27. The summed E-state index contributed by atoms with van der Waals surface area (Å²) in [6.07, 6.45) is 8.05. The van der Waals surface area contributed by atoms with Gasteiger partial charge in [0.25, 0.3) is 0 Å². The molecule has 3 amide bonds. The number of amides is 3. The van der Waals surface area contributed by atoms with Crippen LogP contribution in [0.25, 0.3) is 0 Å². The van der Waals surface area contributed by atoms with Crippen molar-refractivity contribution in [2.24, 2.45) is 0 Å². The molecule has 2 fully saturated rings. The molecule has 0 radical (unpaired) electrons.